The molecule has 0 aliphatic carbocycles. The fourth-order valence-electron chi connectivity index (χ4n) is 3.62. The van der Waals surface area contributed by atoms with Crippen LogP contribution in [-0.4, -0.2) is 29.3 Å². The normalized spacial score (nSPS) is 18.7. The van der Waals surface area contributed by atoms with Crippen LogP contribution >= 0.6 is 11.6 Å². The van der Waals surface area contributed by atoms with Crippen LogP contribution < -0.4 is 10.6 Å². The van der Waals surface area contributed by atoms with E-state index in [0.29, 0.717) is 10.6 Å². The van der Waals surface area contributed by atoms with Crippen LogP contribution in [0.1, 0.15) is 37.5 Å². The van der Waals surface area contributed by atoms with Crippen molar-refractivity contribution in [3.8, 4) is 0 Å². The van der Waals surface area contributed by atoms with Crippen LogP contribution in [-0.2, 0) is 28.0 Å². The third-order valence-corrected chi connectivity index (χ3v) is 5.58. The van der Waals surface area contributed by atoms with Crippen LogP contribution in [0.25, 0.3) is 0 Å². The number of nitrogens with one attached hydrogen (secondary N) is 2. The Bertz CT molecular complexity index is 953. The van der Waals surface area contributed by atoms with E-state index in [0.717, 1.165) is 34.6 Å². The molecule has 1 heterocycles. The summed E-state index contributed by atoms with van der Waals surface area (Å²) in [6.45, 7) is 5.24. The molecule has 4 amide bonds. The Balaban J connectivity index is 1.81. The number of hydrogen-bond donors (Lipinski definition) is 2. The summed E-state index contributed by atoms with van der Waals surface area (Å²) in [5.74, 6) is -0.933. The number of rotatable bonds is 6. The van der Waals surface area contributed by atoms with Crippen molar-refractivity contribution in [2.75, 3.05) is 11.9 Å². The SMILES string of the molecule is CCc1cccc(CC)c1NC(=O)CN1C(=O)NC(C)(c2ccccc2Cl)C1=O. The van der Waals surface area contributed by atoms with Gasteiger partial charge in [0.25, 0.3) is 5.91 Å². The smallest absolute Gasteiger partial charge is 0.324 e. The second-order valence-electron chi connectivity index (χ2n) is 7.13. The number of carbonyl (C=O) groups is 3. The molecule has 2 aromatic rings. The summed E-state index contributed by atoms with van der Waals surface area (Å²) in [4.78, 5) is 39.1. The minimum atomic E-state index is -1.31. The standard InChI is InChI=1S/C22H24ClN3O3/c1-4-14-9-8-10-15(5-2)19(14)24-18(27)13-26-20(28)22(3,25-21(26)29)16-11-6-7-12-17(16)23/h6-12H,4-5,13H2,1-3H3,(H,24,27)(H,25,29). The molecule has 1 atom stereocenters. The number of amides is 4. The Hall–Kier alpha value is -2.86. The molecule has 0 bridgehead atoms. The van der Waals surface area contributed by atoms with Gasteiger partial charge in [0.05, 0.1) is 0 Å². The Kier molecular flexibility index (Phi) is 5.94. The summed E-state index contributed by atoms with van der Waals surface area (Å²) in [5, 5.41) is 5.94. The Labute approximate surface area is 175 Å². The molecule has 1 aliphatic heterocycles. The van der Waals surface area contributed by atoms with E-state index in [2.05, 4.69) is 10.6 Å². The number of hydrogen-bond acceptors (Lipinski definition) is 3. The number of benzene rings is 2. The maximum absolute atomic E-state index is 13.0. The molecule has 29 heavy (non-hydrogen) atoms. The fraction of sp³-hybridized carbons (Fsp3) is 0.318. The first-order valence-corrected chi connectivity index (χ1v) is 9.99. The monoisotopic (exact) mass is 413 g/mol. The zero-order chi connectivity index (χ0) is 21.2. The molecule has 1 aliphatic rings. The molecule has 1 fully saturated rings. The summed E-state index contributed by atoms with van der Waals surface area (Å²) in [6, 6.07) is 12.1. The zero-order valence-corrected chi connectivity index (χ0v) is 17.5. The van der Waals surface area contributed by atoms with E-state index >= 15 is 0 Å². The molecule has 2 aromatic carbocycles. The average Bonchev–Trinajstić information content (AvgIpc) is 2.92. The topological polar surface area (TPSA) is 78.5 Å². The second kappa shape index (κ2) is 8.25. The van der Waals surface area contributed by atoms with Crippen LogP contribution in [0.4, 0.5) is 10.5 Å². The number of carbonyl (C=O) groups excluding carboxylic acids is 3. The van der Waals surface area contributed by atoms with Gasteiger partial charge in [0, 0.05) is 16.3 Å². The molecule has 152 valence electrons. The van der Waals surface area contributed by atoms with Crippen molar-refractivity contribution >= 4 is 35.1 Å². The largest absolute Gasteiger partial charge is 0.325 e. The average molecular weight is 414 g/mol. The summed E-state index contributed by atoms with van der Waals surface area (Å²) in [6.07, 6.45) is 1.52. The number of para-hydroxylation sites is 1. The van der Waals surface area contributed by atoms with Crippen molar-refractivity contribution in [2.45, 2.75) is 39.2 Å². The highest BCUT2D eigenvalue weighted by molar-refractivity contribution is 6.32. The van der Waals surface area contributed by atoms with Gasteiger partial charge in [-0.05, 0) is 37.0 Å². The van der Waals surface area contributed by atoms with Gasteiger partial charge in [-0.25, -0.2) is 4.79 Å². The maximum atomic E-state index is 13.0. The third kappa shape index (κ3) is 3.85. The van der Waals surface area contributed by atoms with Crippen LogP contribution in [0, 0.1) is 0 Å². The maximum Gasteiger partial charge on any atom is 0.325 e. The van der Waals surface area contributed by atoms with Crippen molar-refractivity contribution in [3.05, 3.63) is 64.2 Å². The van der Waals surface area contributed by atoms with Crippen molar-refractivity contribution < 1.29 is 14.4 Å². The highest BCUT2D eigenvalue weighted by Crippen LogP contribution is 2.33. The first kappa shape index (κ1) is 20.9. The molecule has 1 unspecified atom stereocenters. The van der Waals surface area contributed by atoms with Gasteiger partial charge in [-0.15, -0.1) is 0 Å². The first-order valence-electron chi connectivity index (χ1n) is 9.61. The van der Waals surface area contributed by atoms with Gasteiger partial charge in [-0.3, -0.25) is 14.5 Å². The van der Waals surface area contributed by atoms with Crippen LogP contribution in [0.2, 0.25) is 5.02 Å². The van der Waals surface area contributed by atoms with Gasteiger partial charge in [-0.2, -0.15) is 0 Å². The lowest BCUT2D eigenvalue weighted by atomic mass is 9.92. The molecule has 7 heteroatoms. The van der Waals surface area contributed by atoms with Crippen LogP contribution in [0.3, 0.4) is 0 Å². The number of anilines is 1. The Morgan fingerprint density at radius 3 is 2.28 bits per heavy atom. The highest BCUT2D eigenvalue weighted by Gasteiger charge is 2.50. The van der Waals surface area contributed by atoms with E-state index < -0.39 is 23.4 Å². The predicted octanol–water partition coefficient (Wildman–Crippen LogP) is 3.87. The summed E-state index contributed by atoms with van der Waals surface area (Å²) < 4.78 is 0. The molecular formula is C22H24ClN3O3. The molecule has 6 nitrogen and oxygen atoms in total. The van der Waals surface area contributed by atoms with Gasteiger partial charge in [0.2, 0.25) is 5.91 Å². The van der Waals surface area contributed by atoms with Crippen molar-refractivity contribution in [3.63, 3.8) is 0 Å². The predicted molar refractivity (Wildman–Crippen MR) is 113 cm³/mol. The van der Waals surface area contributed by atoms with E-state index in [1.54, 1.807) is 31.2 Å². The summed E-state index contributed by atoms with van der Waals surface area (Å²) in [7, 11) is 0. The summed E-state index contributed by atoms with van der Waals surface area (Å²) in [5.41, 5.74) is 1.95. The van der Waals surface area contributed by atoms with Gasteiger partial charge in [0.1, 0.15) is 12.1 Å². The number of aryl methyl sites for hydroxylation is 2. The lowest BCUT2D eigenvalue weighted by Crippen LogP contribution is -2.42. The van der Waals surface area contributed by atoms with E-state index in [-0.39, 0.29) is 6.54 Å². The van der Waals surface area contributed by atoms with Gasteiger partial charge < -0.3 is 10.6 Å². The van der Waals surface area contributed by atoms with E-state index in [4.69, 9.17) is 11.6 Å². The molecule has 0 saturated carbocycles. The van der Waals surface area contributed by atoms with Crippen LogP contribution in [0.5, 0.6) is 0 Å². The quantitative estimate of drug-likeness (QED) is 0.705. The lowest BCUT2D eigenvalue weighted by molar-refractivity contribution is -0.133. The molecule has 3 rings (SSSR count). The third-order valence-electron chi connectivity index (χ3n) is 5.25. The number of halogens is 1. The minimum absolute atomic E-state index is 0.369. The lowest BCUT2D eigenvalue weighted by Gasteiger charge is -2.23. The second-order valence-corrected chi connectivity index (χ2v) is 7.54. The minimum Gasteiger partial charge on any atom is -0.324 e. The molecule has 2 N–H and O–H groups in total. The van der Waals surface area contributed by atoms with E-state index in [1.165, 1.54) is 0 Å². The highest BCUT2D eigenvalue weighted by atomic mass is 35.5. The first-order chi connectivity index (χ1) is 13.8. The van der Waals surface area contributed by atoms with Gasteiger partial charge >= 0.3 is 6.03 Å². The molecule has 1 saturated heterocycles. The molecule has 0 radical (unpaired) electrons. The summed E-state index contributed by atoms with van der Waals surface area (Å²) >= 11 is 6.23. The number of imide groups is 1. The molecule has 0 aromatic heterocycles. The zero-order valence-electron chi connectivity index (χ0n) is 16.7. The van der Waals surface area contributed by atoms with Gasteiger partial charge in [0.15, 0.2) is 0 Å². The fourth-order valence-corrected chi connectivity index (χ4v) is 3.94. The van der Waals surface area contributed by atoms with Crippen LogP contribution in [0.15, 0.2) is 42.5 Å². The number of urea groups is 1. The Morgan fingerprint density at radius 1 is 1.07 bits per heavy atom. The molecular weight excluding hydrogens is 390 g/mol. The van der Waals surface area contributed by atoms with Crippen molar-refractivity contribution in [1.29, 1.82) is 0 Å². The van der Waals surface area contributed by atoms with E-state index in [9.17, 15) is 14.4 Å². The van der Waals surface area contributed by atoms with Gasteiger partial charge in [-0.1, -0.05) is 61.8 Å². The molecule has 0 spiro atoms. The van der Waals surface area contributed by atoms with Crippen molar-refractivity contribution in [2.24, 2.45) is 0 Å². The van der Waals surface area contributed by atoms with Crippen molar-refractivity contribution in [1.82, 2.24) is 10.2 Å². The number of nitrogens with zero attached hydrogens (tertiary/aromatic N) is 1. The Morgan fingerprint density at radius 2 is 1.69 bits per heavy atom. The van der Waals surface area contributed by atoms with E-state index in [1.807, 2.05) is 32.0 Å².